The van der Waals surface area contributed by atoms with E-state index < -0.39 is 10.0 Å². The van der Waals surface area contributed by atoms with Crippen LogP contribution < -0.4 is 9.46 Å². The molecule has 0 spiro atoms. The van der Waals surface area contributed by atoms with Crippen LogP contribution in [-0.4, -0.2) is 30.7 Å². The van der Waals surface area contributed by atoms with Crippen LogP contribution in [0.5, 0.6) is 5.75 Å². The van der Waals surface area contributed by atoms with Gasteiger partial charge in [-0.05, 0) is 49.2 Å². The van der Waals surface area contributed by atoms with Gasteiger partial charge in [-0.15, -0.1) is 10.2 Å². The van der Waals surface area contributed by atoms with Gasteiger partial charge in [0, 0.05) is 18.0 Å². The smallest absolute Gasteiger partial charge is 0.247 e. The number of methoxy groups -OCH3 is 1. The number of sulfonamides is 1. The van der Waals surface area contributed by atoms with Crippen LogP contribution in [-0.2, 0) is 16.6 Å². The minimum Gasteiger partial charge on any atom is -0.497 e. The van der Waals surface area contributed by atoms with Crippen molar-refractivity contribution in [2.45, 2.75) is 25.3 Å². The Morgan fingerprint density at radius 1 is 1.12 bits per heavy atom. The minimum atomic E-state index is -3.74. The molecule has 0 fully saturated rings. The third kappa shape index (κ3) is 3.73. The van der Waals surface area contributed by atoms with Crippen molar-refractivity contribution in [3.8, 4) is 17.2 Å². The van der Waals surface area contributed by atoms with Crippen LogP contribution in [0.25, 0.3) is 11.5 Å². The second-order valence-corrected chi connectivity index (χ2v) is 7.36. The SMILES string of the molecule is COc1cc(C)c(S(=O)(=O)NCc2nnc(-c3ccncc3)o2)c(C)c1. The first-order valence-electron chi connectivity index (χ1n) is 7.78. The Hall–Kier alpha value is -2.78. The van der Waals surface area contributed by atoms with Crippen LogP contribution in [0.4, 0.5) is 0 Å². The largest absolute Gasteiger partial charge is 0.497 e. The Kier molecular flexibility index (Phi) is 5.01. The van der Waals surface area contributed by atoms with Crippen LogP contribution in [0.3, 0.4) is 0 Å². The Balaban J connectivity index is 1.79. The molecule has 3 rings (SSSR count). The number of rotatable bonds is 6. The molecule has 0 saturated heterocycles. The van der Waals surface area contributed by atoms with E-state index in [1.807, 2.05) is 0 Å². The maximum Gasteiger partial charge on any atom is 0.247 e. The van der Waals surface area contributed by atoms with Crippen molar-refractivity contribution < 1.29 is 17.6 Å². The molecular formula is C17H18N4O4S. The predicted molar refractivity (Wildman–Crippen MR) is 94.0 cm³/mol. The molecule has 0 amide bonds. The molecule has 26 heavy (non-hydrogen) atoms. The first-order chi connectivity index (χ1) is 12.4. The molecular weight excluding hydrogens is 356 g/mol. The highest BCUT2D eigenvalue weighted by Gasteiger charge is 2.21. The molecule has 1 N–H and O–H groups in total. The van der Waals surface area contributed by atoms with E-state index in [-0.39, 0.29) is 17.3 Å². The third-order valence-electron chi connectivity index (χ3n) is 3.75. The highest BCUT2D eigenvalue weighted by Crippen LogP contribution is 2.25. The Morgan fingerprint density at radius 3 is 2.38 bits per heavy atom. The predicted octanol–water partition coefficient (Wildman–Crippen LogP) is 2.24. The van der Waals surface area contributed by atoms with Gasteiger partial charge in [-0.2, -0.15) is 0 Å². The van der Waals surface area contributed by atoms with Gasteiger partial charge in [-0.1, -0.05) is 0 Å². The second-order valence-electron chi connectivity index (χ2n) is 5.65. The number of ether oxygens (including phenoxy) is 1. The zero-order valence-electron chi connectivity index (χ0n) is 14.6. The highest BCUT2D eigenvalue weighted by molar-refractivity contribution is 7.89. The Morgan fingerprint density at radius 2 is 1.77 bits per heavy atom. The molecule has 0 radical (unpaired) electrons. The quantitative estimate of drug-likeness (QED) is 0.705. The zero-order valence-corrected chi connectivity index (χ0v) is 15.4. The van der Waals surface area contributed by atoms with E-state index in [0.29, 0.717) is 28.3 Å². The van der Waals surface area contributed by atoms with Crippen molar-refractivity contribution in [1.82, 2.24) is 19.9 Å². The summed E-state index contributed by atoms with van der Waals surface area (Å²) in [7, 11) is -2.21. The maximum atomic E-state index is 12.7. The van der Waals surface area contributed by atoms with E-state index in [1.165, 1.54) is 7.11 Å². The van der Waals surface area contributed by atoms with Crippen molar-refractivity contribution in [1.29, 1.82) is 0 Å². The Labute approximate surface area is 151 Å². The van der Waals surface area contributed by atoms with E-state index >= 15 is 0 Å². The number of hydrogen-bond acceptors (Lipinski definition) is 7. The van der Waals surface area contributed by atoms with Gasteiger partial charge in [0.15, 0.2) is 0 Å². The van der Waals surface area contributed by atoms with Crippen LogP contribution in [0.1, 0.15) is 17.0 Å². The summed E-state index contributed by atoms with van der Waals surface area (Å²) < 4.78 is 38.5. The first-order valence-corrected chi connectivity index (χ1v) is 9.26. The van der Waals surface area contributed by atoms with Crippen LogP contribution in [0, 0.1) is 13.8 Å². The lowest BCUT2D eigenvalue weighted by Gasteiger charge is -2.13. The summed E-state index contributed by atoms with van der Waals surface area (Å²) in [6.45, 7) is 3.34. The second kappa shape index (κ2) is 7.22. The average Bonchev–Trinajstić information content (AvgIpc) is 3.09. The van der Waals surface area contributed by atoms with Gasteiger partial charge in [0.2, 0.25) is 21.8 Å². The van der Waals surface area contributed by atoms with E-state index in [4.69, 9.17) is 9.15 Å². The molecule has 0 aliphatic heterocycles. The third-order valence-corrected chi connectivity index (χ3v) is 5.45. The van der Waals surface area contributed by atoms with Crippen molar-refractivity contribution in [2.24, 2.45) is 0 Å². The highest BCUT2D eigenvalue weighted by atomic mass is 32.2. The molecule has 0 saturated carbocycles. The van der Waals surface area contributed by atoms with Gasteiger partial charge in [-0.3, -0.25) is 4.98 Å². The van der Waals surface area contributed by atoms with E-state index in [0.717, 1.165) is 0 Å². The molecule has 0 atom stereocenters. The van der Waals surface area contributed by atoms with Gasteiger partial charge in [0.25, 0.3) is 0 Å². The number of aryl methyl sites for hydroxylation is 2. The van der Waals surface area contributed by atoms with Crippen LogP contribution in [0.2, 0.25) is 0 Å². The summed E-state index contributed by atoms with van der Waals surface area (Å²) in [5.41, 5.74) is 1.90. The summed E-state index contributed by atoms with van der Waals surface area (Å²) in [4.78, 5) is 4.13. The molecule has 0 aliphatic rings. The number of nitrogens with zero attached hydrogens (tertiary/aromatic N) is 3. The van der Waals surface area contributed by atoms with Gasteiger partial charge in [0.1, 0.15) is 5.75 Å². The van der Waals surface area contributed by atoms with Crippen molar-refractivity contribution in [3.05, 3.63) is 53.7 Å². The molecule has 2 aromatic heterocycles. The molecule has 0 bridgehead atoms. The molecule has 2 heterocycles. The topological polar surface area (TPSA) is 107 Å². The fourth-order valence-corrected chi connectivity index (χ4v) is 4.04. The van der Waals surface area contributed by atoms with Crippen molar-refractivity contribution in [3.63, 3.8) is 0 Å². The standard InChI is InChI=1S/C17H18N4O4S/c1-11-8-14(24-3)9-12(2)16(11)26(22,23)19-10-15-20-21-17(25-15)13-4-6-18-7-5-13/h4-9,19H,10H2,1-3H3. The van der Waals surface area contributed by atoms with Gasteiger partial charge in [-0.25, -0.2) is 13.1 Å². The normalized spacial score (nSPS) is 11.5. The van der Waals surface area contributed by atoms with Gasteiger partial charge >= 0.3 is 0 Å². The molecule has 3 aromatic rings. The number of pyridine rings is 1. The van der Waals surface area contributed by atoms with E-state index in [9.17, 15) is 8.42 Å². The number of hydrogen-bond donors (Lipinski definition) is 1. The fourth-order valence-electron chi connectivity index (χ4n) is 2.62. The van der Waals surface area contributed by atoms with Crippen LogP contribution >= 0.6 is 0 Å². The van der Waals surface area contributed by atoms with Gasteiger partial charge in [0.05, 0.1) is 18.6 Å². The van der Waals surface area contributed by atoms with Crippen molar-refractivity contribution >= 4 is 10.0 Å². The number of nitrogens with one attached hydrogen (secondary N) is 1. The first kappa shape index (κ1) is 18.0. The van der Waals surface area contributed by atoms with Crippen LogP contribution in [0.15, 0.2) is 46.0 Å². The van der Waals surface area contributed by atoms with E-state index in [1.54, 1.807) is 50.5 Å². The molecule has 9 heteroatoms. The Bertz CT molecular complexity index is 993. The van der Waals surface area contributed by atoms with Crippen molar-refractivity contribution in [2.75, 3.05) is 7.11 Å². The number of benzene rings is 1. The lowest BCUT2D eigenvalue weighted by Crippen LogP contribution is -2.25. The van der Waals surface area contributed by atoms with E-state index in [2.05, 4.69) is 19.9 Å². The molecule has 1 aromatic carbocycles. The fraction of sp³-hybridized carbons (Fsp3) is 0.235. The summed E-state index contributed by atoms with van der Waals surface area (Å²) in [6.07, 6.45) is 3.22. The summed E-state index contributed by atoms with van der Waals surface area (Å²) >= 11 is 0. The average molecular weight is 374 g/mol. The summed E-state index contributed by atoms with van der Waals surface area (Å²) in [5.74, 6) is 1.08. The number of aromatic nitrogens is 3. The van der Waals surface area contributed by atoms with Gasteiger partial charge < -0.3 is 9.15 Å². The molecule has 136 valence electrons. The summed E-state index contributed by atoms with van der Waals surface area (Å²) in [5, 5.41) is 7.80. The molecule has 8 nitrogen and oxygen atoms in total. The lowest BCUT2D eigenvalue weighted by atomic mass is 10.1. The molecule has 0 aliphatic carbocycles. The monoisotopic (exact) mass is 374 g/mol. The lowest BCUT2D eigenvalue weighted by molar-refractivity contribution is 0.413. The minimum absolute atomic E-state index is 0.106. The summed E-state index contributed by atoms with van der Waals surface area (Å²) in [6, 6.07) is 6.81. The maximum absolute atomic E-state index is 12.7. The molecule has 0 unspecified atom stereocenters. The zero-order chi connectivity index (χ0) is 18.7.